The second kappa shape index (κ2) is 7.68. The highest BCUT2D eigenvalue weighted by atomic mass is 79.9. The van der Waals surface area contributed by atoms with Crippen molar-refractivity contribution < 1.29 is 27.1 Å². The summed E-state index contributed by atoms with van der Waals surface area (Å²) in [5.41, 5.74) is -1.58. The molecule has 0 aliphatic carbocycles. The quantitative estimate of drug-likeness (QED) is 0.631. The van der Waals surface area contributed by atoms with Crippen molar-refractivity contribution in [2.75, 3.05) is 36.2 Å². The summed E-state index contributed by atoms with van der Waals surface area (Å²) in [7, 11) is 0. The Hall–Kier alpha value is -2.59. The molecule has 6 nitrogen and oxygen atoms in total. The van der Waals surface area contributed by atoms with Crippen molar-refractivity contribution in [3.63, 3.8) is 0 Å². The molecule has 0 radical (unpaired) electrons. The van der Waals surface area contributed by atoms with E-state index in [-0.39, 0.29) is 11.4 Å². The minimum atomic E-state index is -4.79. The van der Waals surface area contributed by atoms with Crippen LogP contribution in [0.4, 0.5) is 24.7 Å². The fourth-order valence-corrected chi connectivity index (χ4v) is 3.63. The van der Waals surface area contributed by atoms with Crippen LogP contribution in [0.2, 0.25) is 0 Å². The summed E-state index contributed by atoms with van der Waals surface area (Å²) >= 11 is 3.37. The van der Waals surface area contributed by atoms with Gasteiger partial charge in [0.25, 0.3) is 5.91 Å². The highest BCUT2D eigenvalue weighted by Crippen LogP contribution is 2.35. The first kappa shape index (κ1) is 19.7. The van der Waals surface area contributed by atoms with Crippen LogP contribution < -0.4 is 9.91 Å². The van der Waals surface area contributed by atoms with Crippen molar-refractivity contribution >= 4 is 45.2 Å². The molecule has 1 fully saturated rings. The fourth-order valence-electron chi connectivity index (χ4n) is 3.07. The minimum Gasteiger partial charge on any atom is -0.440 e. The number of hydrazone groups is 1. The van der Waals surface area contributed by atoms with Crippen molar-refractivity contribution in [3.8, 4) is 0 Å². The molecule has 1 aromatic heterocycles. The monoisotopic (exact) mass is 469 g/mol. The summed E-state index contributed by atoms with van der Waals surface area (Å²) in [4.78, 5) is 14.6. The highest BCUT2D eigenvalue weighted by Gasteiger charge is 2.47. The summed E-state index contributed by atoms with van der Waals surface area (Å²) in [5.74, 6) is -0.270. The molecule has 0 saturated carbocycles. The molecule has 152 valence electrons. The van der Waals surface area contributed by atoms with Crippen molar-refractivity contribution in [1.82, 2.24) is 0 Å². The van der Waals surface area contributed by atoms with Gasteiger partial charge in [-0.05, 0) is 34.1 Å². The minimum absolute atomic E-state index is 0.119. The fraction of sp³-hybridized carbons (Fsp3) is 0.263. The van der Waals surface area contributed by atoms with Crippen molar-refractivity contribution in [2.45, 2.75) is 6.18 Å². The number of rotatable bonds is 3. The van der Waals surface area contributed by atoms with E-state index in [1.807, 2.05) is 4.90 Å². The molecular weight excluding hydrogens is 455 g/mol. The lowest BCUT2D eigenvalue weighted by Gasteiger charge is -2.26. The maximum absolute atomic E-state index is 13.5. The lowest BCUT2D eigenvalue weighted by molar-refractivity contribution is -0.114. The van der Waals surface area contributed by atoms with Crippen LogP contribution in [-0.2, 0) is 9.53 Å². The second-order valence-corrected chi connectivity index (χ2v) is 7.21. The number of morpholine rings is 1. The topological polar surface area (TPSA) is 58.3 Å². The summed E-state index contributed by atoms with van der Waals surface area (Å²) < 4.78 is 52.2. The lowest BCUT2D eigenvalue weighted by Crippen LogP contribution is -2.36. The lowest BCUT2D eigenvalue weighted by atomic mass is 10.1. The van der Waals surface area contributed by atoms with Gasteiger partial charge in [-0.1, -0.05) is 18.2 Å². The average Bonchev–Trinajstić information content (AvgIpc) is 3.23. The third-order valence-electron chi connectivity index (χ3n) is 4.42. The molecule has 1 aromatic carbocycles. The van der Waals surface area contributed by atoms with Gasteiger partial charge in [0, 0.05) is 19.2 Å². The number of para-hydroxylation sites is 1. The van der Waals surface area contributed by atoms with Crippen LogP contribution in [0.1, 0.15) is 5.76 Å². The van der Waals surface area contributed by atoms with Crippen molar-refractivity contribution in [3.05, 3.63) is 52.2 Å². The Morgan fingerprint density at radius 1 is 1.14 bits per heavy atom. The predicted octanol–water partition coefficient (Wildman–Crippen LogP) is 4.23. The molecule has 0 spiro atoms. The molecule has 29 heavy (non-hydrogen) atoms. The summed E-state index contributed by atoms with van der Waals surface area (Å²) in [6, 6.07) is 9.49. The van der Waals surface area contributed by atoms with Gasteiger partial charge in [-0.3, -0.25) is 4.79 Å². The molecule has 1 amide bonds. The SMILES string of the molecule is O=C1/C(=C\c2cc(Br)c(N3CCOCC3)o2)C(C(F)(F)F)=NN1c1ccccc1. The van der Waals surface area contributed by atoms with Gasteiger partial charge in [-0.2, -0.15) is 23.3 Å². The molecule has 0 N–H and O–H groups in total. The van der Waals surface area contributed by atoms with Gasteiger partial charge in [0.15, 0.2) is 5.71 Å². The Kier molecular flexibility index (Phi) is 5.22. The van der Waals surface area contributed by atoms with E-state index in [2.05, 4.69) is 21.0 Å². The molecule has 2 aliphatic heterocycles. The number of benzene rings is 1. The van der Waals surface area contributed by atoms with Gasteiger partial charge < -0.3 is 14.1 Å². The smallest absolute Gasteiger partial charge is 0.435 e. The van der Waals surface area contributed by atoms with Gasteiger partial charge in [0.05, 0.1) is 28.9 Å². The van der Waals surface area contributed by atoms with E-state index in [1.54, 1.807) is 18.2 Å². The van der Waals surface area contributed by atoms with Crippen LogP contribution in [0.3, 0.4) is 0 Å². The molecule has 0 bridgehead atoms. The van der Waals surface area contributed by atoms with Gasteiger partial charge in [-0.15, -0.1) is 0 Å². The normalized spacial score (nSPS) is 19.2. The maximum Gasteiger partial charge on any atom is 0.435 e. The molecule has 2 aliphatic rings. The molecule has 2 aromatic rings. The van der Waals surface area contributed by atoms with Gasteiger partial charge >= 0.3 is 6.18 Å². The Morgan fingerprint density at radius 2 is 1.83 bits per heavy atom. The van der Waals surface area contributed by atoms with Crippen LogP contribution in [-0.4, -0.2) is 44.1 Å². The van der Waals surface area contributed by atoms with E-state index in [1.165, 1.54) is 18.2 Å². The van der Waals surface area contributed by atoms with Crippen molar-refractivity contribution in [1.29, 1.82) is 0 Å². The van der Waals surface area contributed by atoms with E-state index in [9.17, 15) is 18.0 Å². The zero-order valence-corrected chi connectivity index (χ0v) is 16.5. The van der Waals surface area contributed by atoms with E-state index in [0.29, 0.717) is 36.7 Å². The Balaban J connectivity index is 1.70. The number of halogens is 4. The number of ether oxygens (including phenoxy) is 1. The van der Waals surface area contributed by atoms with E-state index in [0.717, 1.165) is 11.1 Å². The number of hydrogen-bond donors (Lipinski definition) is 0. The van der Waals surface area contributed by atoms with Crippen LogP contribution in [0, 0.1) is 0 Å². The summed E-state index contributed by atoms with van der Waals surface area (Å²) in [5, 5.41) is 4.28. The number of furan rings is 1. The number of amides is 1. The molecular formula is C19H15BrF3N3O3. The Morgan fingerprint density at radius 3 is 2.48 bits per heavy atom. The number of alkyl halides is 3. The molecule has 1 saturated heterocycles. The van der Waals surface area contributed by atoms with Gasteiger partial charge in [-0.25, -0.2) is 0 Å². The van der Waals surface area contributed by atoms with Gasteiger partial charge in [0.2, 0.25) is 5.88 Å². The third kappa shape index (κ3) is 3.95. The first-order valence-corrected chi connectivity index (χ1v) is 9.53. The first-order chi connectivity index (χ1) is 13.8. The van der Waals surface area contributed by atoms with E-state index >= 15 is 0 Å². The molecule has 0 unspecified atom stereocenters. The maximum atomic E-state index is 13.5. The Labute approximate surface area is 172 Å². The zero-order valence-electron chi connectivity index (χ0n) is 14.9. The standard InChI is InChI=1S/C19H15BrF3N3O3/c20-15-11-13(29-18(15)25-6-8-28-9-7-25)10-14-16(19(21,22)23)24-26(17(14)27)12-4-2-1-3-5-12/h1-5,10-11H,6-9H2/b14-10-. The number of carbonyl (C=O) groups excluding carboxylic acids is 1. The average molecular weight is 470 g/mol. The van der Waals surface area contributed by atoms with Crippen LogP contribution in [0.5, 0.6) is 0 Å². The second-order valence-electron chi connectivity index (χ2n) is 6.36. The first-order valence-electron chi connectivity index (χ1n) is 8.74. The number of carbonyl (C=O) groups is 1. The largest absolute Gasteiger partial charge is 0.440 e. The van der Waals surface area contributed by atoms with Crippen LogP contribution >= 0.6 is 15.9 Å². The predicted molar refractivity (Wildman–Crippen MR) is 105 cm³/mol. The van der Waals surface area contributed by atoms with Crippen LogP contribution in [0.15, 0.2) is 56.0 Å². The summed E-state index contributed by atoms with van der Waals surface area (Å²) in [6.07, 6.45) is -3.71. The van der Waals surface area contributed by atoms with Gasteiger partial charge in [0.1, 0.15) is 5.76 Å². The summed E-state index contributed by atoms with van der Waals surface area (Å²) in [6.45, 7) is 2.24. The Bertz CT molecular complexity index is 980. The van der Waals surface area contributed by atoms with Crippen LogP contribution in [0.25, 0.3) is 6.08 Å². The third-order valence-corrected chi connectivity index (χ3v) is 4.99. The molecule has 10 heteroatoms. The van der Waals surface area contributed by atoms with Crippen molar-refractivity contribution in [2.24, 2.45) is 5.10 Å². The van der Waals surface area contributed by atoms with E-state index in [4.69, 9.17) is 9.15 Å². The number of nitrogens with zero attached hydrogens (tertiary/aromatic N) is 3. The molecule has 0 atom stereocenters. The van der Waals surface area contributed by atoms with E-state index < -0.39 is 23.4 Å². The zero-order chi connectivity index (χ0) is 20.6. The molecule has 4 rings (SSSR count). The highest BCUT2D eigenvalue weighted by molar-refractivity contribution is 9.10. The number of hydrogen-bond acceptors (Lipinski definition) is 5. The molecule has 3 heterocycles. The number of anilines is 2.